The quantitative estimate of drug-likeness (QED) is 0.774. The van der Waals surface area contributed by atoms with Gasteiger partial charge in [-0.2, -0.15) is 0 Å². The van der Waals surface area contributed by atoms with Crippen molar-refractivity contribution >= 4 is 16.3 Å². The number of benzene rings is 1. The molecule has 1 unspecified atom stereocenters. The first kappa shape index (κ1) is 10.2. The Morgan fingerprint density at radius 1 is 1.13 bits per heavy atom. The van der Waals surface area contributed by atoms with E-state index in [-0.39, 0.29) is 5.25 Å². The third-order valence-corrected chi connectivity index (χ3v) is 3.38. The molecular weight excluding hydrogens is 208 g/mol. The average Bonchev–Trinajstić information content (AvgIpc) is 2.30. The molecule has 0 aromatic heterocycles. The molecule has 0 saturated carbocycles. The van der Waals surface area contributed by atoms with Crippen LogP contribution in [0.3, 0.4) is 0 Å². The number of hydrogen-bond donors (Lipinski definition) is 1. The number of rotatable bonds is 2. The first-order valence-corrected chi connectivity index (χ1v) is 6.09. The van der Waals surface area contributed by atoms with Gasteiger partial charge in [0.05, 0.1) is 5.25 Å². The highest BCUT2D eigenvalue weighted by molar-refractivity contribution is 7.73. The van der Waals surface area contributed by atoms with Gasteiger partial charge >= 0.3 is 0 Å². The number of allylic oxidation sites excluding steroid dienone is 3. The summed E-state index contributed by atoms with van der Waals surface area (Å²) in [4.78, 5) is 0. The first-order valence-electron chi connectivity index (χ1n) is 4.84. The summed E-state index contributed by atoms with van der Waals surface area (Å²) in [6.07, 6.45) is 6.20. The molecule has 0 N–H and O–H groups in total. The minimum absolute atomic E-state index is 0.326. The van der Waals surface area contributed by atoms with Crippen LogP contribution in [0.5, 0.6) is 0 Å². The van der Waals surface area contributed by atoms with Crippen LogP contribution in [0.4, 0.5) is 0 Å². The van der Waals surface area contributed by atoms with Crippen LogP contribution in [0.1, 0.15) is 12.0 Å². The molecule has 0 spiro atoms. The van der Waals surface area contributed by atoms with Gasteiger partial charge in [-0.05, 0) is 17.6 Å². The Kier molecular flexibility index (Phi) is 3.02. The molecule has 0 saturated heterocycles. The van der Waals surface area contributed by atoms with E-state index in [2.05, 4.69) is 0 Å². The van der Waals surface area contributed by atoms with E-state index in [1.165, 1.54) is 0 Å². The predicted octanol–water partition coefficient (Wildman–Crippen LogP) is 2.01. The van der Waals surface area contributed by atoms with Gasteiger partial charge in [0, 0.05) is 0 Å². The maximum absolute atomic E-state index is 10.8. The van der Waals surface area contributed by atoms with E-state index in [1.807, 2.05) is 42.5 Å². The van der Waals surface area contributed by atoms with Gasteiger partial charge in [0.2, 0.25) is 0 Å². The van der Waals surface area contributed by atoms with Crippen molar-refractivity contribution in [1.29, 1.82) is 0 Å². The van der Waals surface area contributed by atoms with Crippen LogP contribution < -0.4 is 0 Å². The van der Waals surface area contributed by atoms with Crippen molar-refractivity contribution in [1.82, 2.24) is 0 Å². The Morgan fingerprint density at radius 3 is 2.40 bits per heavy atom. The zero-order valence-electron chi connectivity index (χ0n) is 8.17. The molecule has 0 fully saturated rings. The molecule has 78 valence electrons. The molecule has 0 amide bonds. The summed E-state index contributed by atoms with van der Waals surface area (Å²) in [6.45, 7) is 0. The minimum atomic E-state index is -2.34. The van der Waals surface area contributed by atoms with Gasteiger partial charge in [0.15, 0.2) is 0 Å². The second-order valence-corrected chi connectivity index (χ2v) is 4.71. The molecule has 1 aromatic carbocycles. The van der Waals surface area contributed by atoms with Crippen LogP contribution >= 0.6 is 0 Å². The summed E-state index contributed by atoms with van der Waals surface area (Å²) in [5.74, 6) is 0. The second kappa shape index (κ2) is 4.45. The zero-order valence-corrected chi connectivity index (χ0v) is 9.06. The first-order chi connectivity index (χ1) is 7.27. The fourth-order valence-corrected chi connectivity index (χ4v) is 2.11. The Balaban J connectivity index is 2.20. The monoisotopic (exact) mass is 220 g/mol. The average molecular weight is 220 g/mol. The summed E-state index contributed by atoms with van der Waals surface area (Å²) in [5, 5.41) is -0.326. The van der Waals surface area contributed by atoms with Crippen molar-refractivity contribution in [3.63, 3.8) is 0 Å². The van der Waals surface area contributed by atoms with Crippen LogP contribution in [0.25, 0.3) is 5.57 Å². The Hall–Kier alpha value is -1.35. The van der Waals surface area contributed by atoms with Gasteiger partial charge in [-0.3, -0.25) is 0 Å². The van der Waals surface area contributed by atoms with Crippen LogP contribution in [0.2, 0.25) is 0 Å². The van der Waals surface area contributed by atoms with Gasteiger partial charge in [-0.25, -0.2) is 8.42 Å². The fourth-order valence-electron chi connectivity index (χ4n) is 1.61. The molecule has 0 aliphatic heterocycles. The second-order valence-electron chi connectivity index (χ2n) is 3.47. The Bertz CT molecular complexity index is 462. The predicted molar refractivity (Wildman–Crippen MR) is 62.3 cm³/mol. The van der Waals surface area contributed by atoms with Crippen LogP contribution in [0, 0.1) is 0 Å². The molecular formula is C12H12O2S. The Labute approximate surface area is 90.9 Å². The maximum Gasteiger partial charge on any atom is 0.146 e. The van der Waals surface area contributed by atoms with E-state index in [9.17, 15) is 8.42 Å². The molecule has 2 nitrogen and oxygen atoms in total. The molecule has 0 bridgehead atoms. The Morgan fingerprint density at radius 2 is 1.87 bits per heavy atom. The zero-order chi connectivity index (χ0) is 10.7. The highest BCUT2D eigenvalue weighted by atomic mass is 32.2. The van der Waals surface area contributed by atoms with Crippen LogP contribution in [-0.4, -0.2) is 13.7 Å². The lowest BCUT2D eigenvalue weighted by Gasteiger charge is -2.10. The van der Waals surface area contributed by atoms with E-state index in [0.29, 0.717) is 6.42 Å². The summed E-state index contributed by atoms with van der Waals surface area (Å²) in [6, 6.07) is 9.96. The summed E-state index contributed by atoms with van der Waals surface area (Å²) in [7, 11) is -2.34. The molecule has 3 heteroatoms. The van der Waals surface area contributed by atoms with Crippen molar-refractivity contribution in [3.05, 3.63) is 54.1 Å². The third-order valence-electron chi connectivity index (χ3n) is 2.46. The third kappa shape index (κ3) is 2.36. The van der Waals surface area contributed by atoms with Crippen molar-refractivity contribution in [3.8, 4) is 0 Å². The van der Waals surface area contributed by atoms with E-state index in [0.717, 1.165) is 11.1 Å². The van der Waals surface area contributed by atoms with E-state index < -0.39 is 10.7 Å². The van der Waals surface area contributed by atoms with Gasteiger partial charge in [0.1, 0.15) is 10.7 Å². The number of thiol groups is 1. The van der Waals surface area contributed by atoms with Crippen LogP contribution in [0.15, 0.2) is 48.6 Å². The molecule has 2 rings (SSSR count). The molecule has 0 heterocycles. The lowest BCUT2D eigenvalue weighted by Crippen LogP contribution is -2.07. The summed E-state index contributed by atoms with van der Waals surface area (Å²) >= 11 is 0. The largest absolute Gasteiger partial charge is 0.231 e. The van der Waals surface area contributed by atoms with E-state index >= 15 is 0 Å². The summed E-state index contributed by atoms with van der Waals surface area (Å²) < 4.78 is 21.5. The SMILES string of the molecule is O=[SH](=O)C1C=CC(c2ccccc2)=CC1. The highest BCUT2D eigenvalue weighted by Crippen LogP contribution is 2.21. The van der Waals surface area contributed by atoms with Crippen molar-refractivity contribution < 1.29 is 8.42 Å². The highest BCUT2D eigenvalue weighted by Gasteiger charge is 2.11. The van der Waals surface area contributed by atoms with Gasteiger partial charge in [-0.1, -0.05) is 48.6 Å². The fraction of sp³-hybridized carbons (Fsp3) is 0.167. The smallest absolute Gasteiger partial charge is 0.146 e. The van der Waals surface area contributed by atoms with Crippen molar-refractivity contribution in [2.75, 3.05) is 0 Å². The molecule has 1 atom stereocenters. The lowest BCUT2D eigenvalue weighted by molar-refractivity contribution is 0.607. The van der Waals surface area contributed by atoms with Crippen molar-refractivity contribution in [2.24, 2.45) is 0 Å². The van der Waals surface area contributed by atoms with Gasteiger partial charge < -0.3 is 0 Å². The summed E-state index contributed by atoms with van der Waals surface area (Å²) in [5.41, 5.74) is 2.23. The van der Waals surface area contributed by atoms with E-state index in [4.69, 9.17) is 0 Å². The molecule has 1 aromatic rings. The molecule has 1 aliphatic rings. The molecule has 0 radical (unpaired) electrons. The van der Waals surface area contributed by atoms with E-state index in [1.54, 1.807) is 6.08 Å². The minimum Gasteiger partial charge on any atom is -0.231 e. The van der Waals surface area contributed by atoms with Gasteiger partial charge in [0.25, 0.3) is 0 Å². The topological polar surface area (TPSA) is 34.1 Å². The van der Waals surface area contributed by atoms with Crippen LogP contribution in [-0.2, 0) is 10.7 Å². The van der Waals surface area contributed by atoms with Gasteiger partial charge in [-0.15, -0.1) is 0 Å². The maximum atomic E-state index is 10.8. The lowest BCUT2D eigenvalue weighted by atomic mass is 10.00. The van der Waals surface area contributed by atoms with Crippen molar-refractivity contribution in [2.45, 2.75) is 11.7 Å². The molecule has 15 heavy (non-hydrogen) atoms. The standard InChI is InChI=1S/C12H12O2S/c13-15(14)12-8-6-11(7-9-12)10-4-2-1-3-5-10/h1-8,12,15H,9H2. The molecule has 1 aliphatic carbocycles. The normalized spacial score (nSPS) is 20.3. The number of hydrogen-bond acceptors (Lipinski definition) is 2.